The van der Waals surface area contributed by atoms with Gasteiger partial charge in [0.25, 0.3) is 0 Å². The van der Waals surface area contributed by atoms with Gasteiger partial charge in [-0.05, 0) is 29.7 Å². The number of benzene rings is 2. The number of methoxy groups -OCH3 is 1. The average Bonchev–Trinajstić information content (AvgIpc) is 2.82. The van der Waals surface area contributed by atoms with Gasteiger partial charge in [0.15, 0.2) is 6.10 Å². The lowest BCUT2D eigenvalue weighted by molar-refractivity contribution is -0.159. The summed E-state index contributed by atoms with van der Waals surface area (Å²) in [5, 5.41) is 18.2. The third-order valence-electron chi connectivity index (χ3n) is 3.82. The monoisotopic (exact) mass is 359 g/mol. The van der Waals surface area contributed by atoms with Gasteiger partial charge in [0.2, 0.25) is 0 Å². The SMILES string of the molecule is COC1NCCc2ccccc2C1Oc1ccccc1.O=C(O)C(=O)O. The quantitative estimate of drug-likeness (QED) is 0.721. The normalized spacial score (nSPS) is 18.5. The fourth-order valence-corrected chi connectivity index (χ4v) is 2.64. The summed E-state index contributed by atoms with van der Waals surface area (Å²) >= 11 is 0. The molecule has 0 fully saturated rings. The molecule has 3 N–H and O–H groups in total. The molecule has 7 nitrogen and oxygen atoms in total. The molecule has 138 valence electrons. The van der Waals surface area contributed by atoms with Crippen LogP contribution in [-0.4, -0.2) is 42.0 Å². The second-order valence-corrected chi connectivity index (χ2v) is 5.52. The molecule has 1 aliphatic heterocycles. The summed E-state index contributed by atoms with van der Waals surface area (Å²) in [5.74, 6) is -2.79. The van der Waals surface area contributed by atoms with E-state index in [0.717, 1.165) is 18.7 Å². The van der Waals surface area contributed by atoms with E-state index in [1.54, 1.807) is 7.11 Å². The highest BCUT2D eigenvalue weighted by atomic mass is 16.5. The summed E-state index contributed by atoms with van der Waals surface area (Å²) in [7, 11) is 1.72. The second-order valence-electron chi connectivity index (χ2n) is 5.52. The predicted octanol–water partition coefficient (Wildman–Crippen LogP) is 2.08. The van der Waals surface area contributed by atoms with Crippen LogP contribution >= 0.6 is 0 Å². The summed E-state index contributed by atoms with van der Waals surface area (Å²) < 4.78 is 11.8. The van der Waals surface area contributed by atoms with E-state index in [-0.39, 0.29) is 12.3 Å². The number of rotatable bonds is 3. The average molecular weight is 359 g/mol. The fraction of sp³-hybridized carbons (Fsp3) is 0.263. The number of carbonyl (C=O) groups is 2. The molecule has 2 unspecified atom stereocenters. The maximum absolute atomic E-state index is 9.10. The lowest BCUT2D eigenvalue weighted by Crippen LogP contribution is -2.38. The predicted molar refractivity (Wildman–Crippen MR) is 94.0 cm³/mol. The van der Waals surface area contributed by atoms with Gasteiger partial charge in [-0.15, -0.1) is 0 Å². The van der Waals surface area contributed by atoms with Gasteiger partial charge >= 0.3 is 11.9 Å². The van der Waals surface area contributed by atoms with Gasteiger partial charge in [-0.1, -0.05) is 42.5 Å². The third kappa shape index (κ3) is 5.30. The molecule has 2 atom stereocenters. The largest absolute Gasteiger partial charge is 0.482 e. The molecule has 2 aromatic carbocycles. The Hall–Kier alpha value is -2.90. The summed E-state index contributed by atoms with van der Waals surface area (Å²) in [5.41, 5.74) is 2.52. The molecular formula is C19H21NO6. The van der Waals surface area contributed by atoms with Gasteiger partial charge in [0.1, 0.15) is 12.0 Å². The van der Waals surface area contributed by atoms with E-state index in [2.05, 4.69) is 29.6 Å². The van der Waals surface area contributed by atoms with Gasteiger partial charge in [0.05, 0.1) is 0 Å². The molecule has 1 aliphatic rings. The van der Waals surface area contributed by atoms with Crippen LogP contribution in [0, 0.1) is 0 Å². The van der Waals surface area contributed by atoms with E-state index < -0.39 is 11.9 Å². The molecular weight excluding hydrogens is 338 g/mol. The molecule has 3 rings (SSSR count). The van der Waals surface area contributed by atoms with Crippen LogP contribution in [0.5, 0.6) is 5.75 Å². The lowest BCUT2D eigenvalue weighted by atomic mass is 10.0. The minimum atomic E-state index is -1.82. The Labute approximate surface area is 151 Å². The van der Waals surface area contributed by atoms with Crippen LogP contribution < -0.4 is 10.1 Å². The molecule has 2 aromatic rings. The standard InChI is InChI=1S/C17H19NO2.C2H2O4/c1-19-17-16(20-14-8-3-2-4-9-14)15-10-6-5-7-13(15)11-12-18-17;3-1(4)2(5)6/h2-10,16-18H,11-12H2,1H3;(H,3,4)(H,5,6). The number of hydrogen-bond acceptors (Lipinski definition) is 5. The molecule has 0 aromatic heterocycles. The van der Waals surface area contributed by atoms with Crippen LogP contribution in [0.15, 0.2) is 54.6 Å². The number of fused-ring (bicyclic) bond motifs is 1. The minimum absolute atomic E-state index is 0.138. The Bertz CT molecular complexity index is 722. The summed E-state index contributed by atoms with van der Waals surface area (Å²) in [6.07, 6.45) is 0.713. The van der Waals surface area contributed by atoms with Gasteiger partial charge in [-0.25, -0.2) is 9.59 Å². The number of carboxylic acid groups (broad SMARTS) is 2. The number of ether oxygens (including phenoxy) is 2. The highest BCUT2D eigenvalue weighted by Crippen LogP contribution is 2.29. The van der Waals surface area contributed by atoms with Crippen molar-refractivity contribution in [3.8, 4) is 5.75 Å². The van der Waals surface area contributed by atoms with E-state index in [9.17, 15) is 0 Å². The molecule has 0 amide bonds. The Kier molecular flexibility index (Phi) is 7.13. The van der Waals surface area contributed by atoms with Crippen LogP contribution in [0.4, 0.5) is 0 Å². The van der Waals surface area contributed by atoms with E-state index in [4.69, 9.17) is 29.3 Å². The van der Waals surface area contributed by atoms with Crippen molar-refractivity contribution in [2.45, 2.75) is 18.8 Å². The maximum atomic E-state index is 9.10. The Balaban J connectivity index is 0.000000352. The topological polar surface area (TPSA) is 105 Å². The van der Waals surface area contributed by atoms with Gasteiger partial charge < -0.3 is 19.7 Å². The summed E-state index contributed by atoms with van der Waals surface area (Å²) in [4.78, 5) is 18.2. The van der Waals surface area contributed by atoms with Crippen molar-refractivity contribution in [1.29, 1.82) is 0 Å². The second kappa shape index (κ2) is 9.55. The first-order valence-electron chi connectivity index (χ1n) is 8.05. The number of carboxylic acids is 2. The molecule has 0 saturated carbocycles. The Morgan fingerprint density at radius 3 is 2.23 bits per heavy atom. The first-order valence-corrected chi connectivity index (χ1v) is 8.05. The zero-order valence-corrected chi connectivity index (χ0v) is 14.3. The summed E-state index contributed by atoms with van der Waals surface area (Å²) in [6, 6.07) is 18.3. The number of nitrogens with one attached hydrogen (secondary N) is 1. The van der Waals surface area contributed by atoms with Gasteiger partial charge in [-0.2, -0.15) is 0 Å². The van der Waals surface area contributed by atoms with Crippen molar-refractivity contribution in [2.24, 2.45) is 0 Å². The van der Waals surface area contributed by atoms with Crippen LogP contribution in [0.3, 0.4) is 0 Å². The zero-order valence-electron chi connectivity index (χ0n) is 14.3. The molecule has 0 radical (unpaired) electrons. The highest BCUT2D eigenvalue weighted by Gasteiger charge is 2.29. The van der Waals surface area contributed by atoms with Crippen LogP contribution in [-0.2, 0) is 20.7 Å². The maximum Gasteiger partial charge on any atom is 0.414 e. The third-order valence-corrected chi connectivity index (χ3v) is 3.82. The lowest BCUT2D eigenvalue weighted by Gasteiger charge is -2.26. The van der Waals surface area contributed by atoms with Crippen molar-refractivity contribution in [3.05, 3.63) is 65.7 Å². The van der Waals surface area contributed by atoms with Crippen molar-refractivity contribution < 1.29 is 29.3 Å². The van der Waals surface area contributed by atoms with E-state index in [1.807, 2.05) is 30.3 Å². The molecule has 0 spiro atoms. The smallest absolute Gasteiger partial charge is 0.414 e. The number of aliphatic carboxylic acids is 2. The molecule has 0 aliphatic carbocycles. The van der Waals surface area contributed by atoms with Crippen molar-refractivity contribution >= 4 is 11.9 Å². The van der Waals surface area contributed by atoms with Crippen molar-refractivity contribution in [3.63, 3.8) is 0 Å². The van der Waals surface area contributed by atoms with Crippen molar-refractivity contribution in [2.75, 3.05) is 13.7 Å². The number of hydrogen-bond donors (Lipinski definition) is 3. The molecule has 1 heterocycles. The van der Waals surface area contributed by atoms with Crippen LogP contribution in [0.25, 0.3) is 0 Å². The van der Waals surface area contributed by atoms with Crippen molar-refractivity contribution in [1.82, 2.24) is 5.32 Å². The fourth-order valence-electron chi connectivity index (χ4n) is 2.64. The van der Waals surface area contributed by atoms with E-state index >= 15 is 0 Å². The van der Waals surface area contributed by atoms with Crippen LogP contribution in [0.1, 0.15) is 17.2 Å². The van der Waals surface area contributed by atoms with Gasteiger partial charge in [-0.3, -0.25) is 5.32 Å². The highest BCUT2D eigenvalue weighted by molar-refractivity contribution is 6.27. The Morgan fingerprint density at radius 1 is 1.00 bits per heavy atom. The first-order chi connectivity index (χ1) is 12.5. The molecule has 0 saturated heterocycles. The minimum Gasteiger partial charge on any atom is -0.482 e. The zero-order chi connectivity index (χ0) is 18.9. The molecule has 26 heavy (non-hydrogen) atoms. The van der Waals surface area contributed by atoms with Crippen LogP contribution in [0.2, 0.25) is 0 Å². The molecule has 0 bridgehead atoms. The molecule has 7 heteroatoms. The summed E-state index contributed by atoms with van der Waals surface area (Å²) in [6.45, 7) is 0.893. The first kappa shape index (κ1) is 19.4. The van der Waals surface area contributed by atoms with Gasteiger partial charge in [0, 0.05) is 13.7 Å². The Morgan fingerprint density at radius 2 is 1.62 bits per heavy atom. The van der Waals surface area contributed by atoms with E-state index in [1.165, 1.54) is 11.1 Å². The number of para-hydroxylation sites is 1. The van der Waals surface area contributed by atoms with E-state index in [0.29, 0.717) is 0 Å².